The van der Waals surface area contributed by atoms with Gasteiger partial charge in [-0.15, -0.1) is 0 Å². The highest BCUT2D eigenvalue weighted by Gasteiger charge is 2.28. The van der Waals surface area contributed by atoms with Crippen molar-refractivity contribution in [1.29, 1.82) is 0 Å². The molecule has 1 saturated heterocycles. The van der Waals surface area contributed by atoms with E-state index in [1.165, 1.54) is 0 Å². The van der Waals surface area contributed by atoms with E-state index in [1.807, 2.05) is 44.2 Å². The van der Waals surface area contributed by atoms with E-state index in [9.17, 15) is 8.42 Å². The molecular formula is C23H30N2O8S. The van der Waals surface area contributed by atoms with Gasteiger partial charge in [0.15, 0.2) is 11.5 Å². The molecule has 10 nitrogen and oxygen atoms in total. The first-order valence-corrected chi connectivity index (χ1v) is 12.1. The molecule has 2 N–H and O–H groups in total. The summed E-state index contributed by atoms with van der Waals surface area (Å²) in [5, 5.41) is 14.8. The number of rotatable bonds is 7. The van der Waals surface area contributed by atoms with Crippen molar-refractivity contribution in [2.24, 2.45) is 0 Å². The lowest BCUT2D eigenvalue weighted by atomic mass is 10.1. The second-order valence-corrected chi connectivity index (χ2v) is 9.46. The summed E-state index contributed by atoms with van der Waals surface area (Å²) >= 11 is 0. The third-order valence-electron chi connectivity index (χ3n) is 5.11. The van der Waals surface area contributed by atoms with Crippen molar-refractivity contribution >= 4 is 22.0 Å². The molecule has 0 radical (unpaired) electrons. The second-order valence-electron chi connectivity index (χ2n) is 7.52. The fourth-order valence-electron chi connectivity index (χ4n) is 3.33. The molecule has 0 amide bonds. The number of ether oxygens (including phenoxy) is 2. The number of hydrogen-bond donors (Lipinski definition) is 2. The number of hydrogen-bond acceptors (Lipinski definition) is 7. The SMILES string of the molecule is CCOc1ccc(CN2CCN(S(=O)(=O)c3ccc(C)cc3)CC2)cc1OC.O=C(O)C(=O)O. The molecular weight excluding hydrogens is 464 g/mol. The van der Waals surface area contributed by atoms with Crippen LogP contribution in [0.25, 0.3) is 0 Å². The number of aryl methyl sites for hydroxylation is 1. The van der Waals surface area contributed by atoms with Crippen molar-refractivity contribution in [1.82, 2.24) is 9.21 Å². The Labute approximate surface area is 199 Å². The smallest absolute Gasteiger partial charge is 0.414 e. The fraction of sp³-hybridized carbons (Fsp3) is 0.391. The molecule has 0 bridgehead atoms. The molecule has 1 heterocycles. The van der Waals surface area contributed by atoms with Crippen molar-refractivity contribution in [3.63, 3.8) is 0 Å². The number of aliphatic carboxylic acids is 2. The van der Waals surface area contributed by atoms with Crippen LogP contribution >= 0.6 is 0 Å². The molecule has 0 aromatic heterocycles. The Bertz CT molecular complexity index is 1070. The Morgan fingerprint density at radius 3 is 2.03 bits per heavy atom. The predicted molar refractivity (Wildman–Crippen MR) is 125 cm³/mol. The number of piperazine rings is 1. The van der Waals surface area contributed by atoms with Gasteiger partial charge in [0.2, 0.25) is 10.0 Å². The van der Waals surface area contributed by atoms with Crippen LogP contribution in [-0.4, -0.2) is 79.7 Å². The normalized spacial score (nSPS) is 14.6. The van der Waals surface area contributed by atoms with Gasteiger partial charge in [-0.2, -0.15) is 4.31 Å². The Hall–Kier alpha value is -3.15. The summed E-state index contributed by atoms with van der Waals surface area (Å²) in [5.74, 6) is -2.19. The van der Waals surface area contributed by atoms with E-state index in [-0.39, 0.29) is 0 Å². The molecule has 1 aliphatic heterocycles. The summed E-state index contributed by atoms with van der Waals surface area (Å²) in [6, 6.07) is 13.0. The average molecular weight is 495 g/mol. The molecule has 3 rings (SSSR count). The minimum atomic E-state index is -3.43. The van der Waals surface area contributed by atoms with Gasteiger partial charge in [-0.3, -0.25) is 4.90 Å². The van der Waals surface area contributed by atoms with E-state index in [0.29, 0.717) is 37.7 Å². The van der Waals surface area contributed by atoms with Gasteiger partial charge in [0.1, 0.15) is 0 Å². The maximum atomic E-state index is 12.8. The molecule has 0 atom stereocenters. The van der Waals surface area contributed by atoms with Crippen molar-refractivity contribution in [3.05, 3.63) is 53.6 Å². The summed E-state index contributed by atoms with van der Waals surface area (Å²) in [4.78, 5) is 20.8. The summed E-state index contributed by atoms with van der Waals surface area (Å²) in [6.45, 7) is 7.60. The van der Waals surface area contributed by atoms with Gasteiger partial charge in [0.25, 0.3) is 0 Å². The summed E-state index contributed by atoms with van der Waals surface area (Å²) in [7, 11) is -1.79. The van der Waals surface area contributed by atoms with Crippen LogP contribution in [0.4, 0.5) is 0 Å². The Morgan fingerprint density at radius 1 is 0.941 bits per heavy atom. The quantitative estimate of drug-likeness (QED) is 0.555. The van der Waals surface area contributed by atoms with Crippen molar-refractivity contribution in [2.45, 2.75) is 25.3 Å². The van der Waals surface area contributed by atoms with Gasteiger partial charge < -0.3 is 19.7 Å². The molecule has 0 aliphatic carbocycles. The van der Waals surface area contributed by atoms with Crippen molar-refractivity contribution in [3.8, 4) is 11.5 Å². The standard InChI is InChI=1S/C21H28N2O4S.C2H2O4/c1-4-27-20-10-7-18(15-21(20)26-3)16-22-11-13-23(14-12-22)28(24,25)19-8-5-17(2)6-9-19;3-1(4)2(5)6/h5-10,15H,4,11-14,16H2,1-3H3;(H,3,4)(H,5,6). The maximum Gasteiger partial charge on any atom is 0.414 e. The van der Waals surface area contributed by atoms with E-state index in [0.717, 1.165) is 29.2 Å². The number of benzene rings is 2. The predicted octanol–water partition coefficient (Wildman–Crippen LogP) is 2.06. The summed E-state index contributed by atoms with van der Waals surface area (Å²) in [5.41, 5.74) is 2.17. The van der Waals surface area contributed by atoms with Gasteiger partial charge in [-0.25, -0.2) is 18.0 Å². The maximum absolute atomic E-state index is 12.8. The van der Waals surface area contributed by atoms with E-state index >= 15 is 0 Å². The van der Waals surface area contributed by atoms with E-state index in [2.05, 4.69) is 4.90 Å². The Balaban J connectivity index is 0.000000604. The van der Waals surface area contributed by atoms with Crippen LogP contribution < -0.4 is 9.47 Å². The highest BCUT2D eigenvalue weighted by Crippen LogP contribution is 2.29. The lowest BCUT2D eigenvalue weighted by Crippen LogP contribution is -2.48. The lowest BCUT2D eigenvalue weighted by Gasteiger charge is -2.34. The minimum Gasteiger partial charge on any atom is -0.493 e. The van der Waals surface area contributed by atoms with Crippen LogP contribution in [0.1, 0.15) is 18.1 Å². The number of sulfonamides is 1. The zero-order chi connectivity index (χ0) is 25.3. The van der Waals surface area contributed by atoms with Gasteiger partial charge in [-0.1, -0.05) is 23.8 Å². The summed E-state index contributed by atoms with van der Waals surface area (Å²) in [6.07, 6.45) is 0. The number of carboxylic acids is 2. The molecule has 0 spiro atoms. The number of nitrogens with zero attached hydrogens (tertiary/aromatic N) is 2. The van der Waals surface area contributed by atoms with Gasteiger partial charge in [-0.05, 0) is 43.7 Å². The zero-order valence-corrected chi connectivity index (χ0v) is 20.2. The first kappa shape index (κ1) is 27.1. The zero-order valence-electron chi connectivity index (χ0n) is 19.4. The third-order valence-corrected chi connectivity index (χ3v) is 7.02. The molecule has 186 valence electrons. The van der Waals surface area contributed by atoms with Crippen LogP contribution in [0.5, 0.6) is 11.5 Å². The van der Waals surface area contributed by atoms with E-state index in [4.69, 9.17) is 29.3 Å². The number of methoxy groups -OCH3 is 1. The lowest BCUT2D eigenvalue weighted by molar-refractivity contribution is -0.159. The summed E-state index contributed by atoms with van der Waals surface area (Å²) < 4.78 is 38.2. The first-order chi connectivity index (χ1) is 16.1. The highest BCUT2D eigenvalue weighted by atomic mass is 32.2. The third kappa shape index (κ3) is 7.44. The molecule has 2 aromatic rings. The monoisotopic (exact) mass is 494 g/mol. The molecule has 2 aromatic carbocycles. The topological polar surface area (TPSA) is 134 Å². The average Bonchev–Trinajstić information content (AvgIpc) is 2.81. The van der Waals surface area contributed by atoms with Crippen LogP contribution in [0, 0.1) is 6.92 Å². The van der Waals surface area contributed by atoms with Gasteiger partial charge in [0, 0.05) is 32.7 Å². The van der Waals surface area contributed by atoms with E-state index < -0.39 is 22.0 Å². The fourth-order valence-corrected chi connectivity index (χ4v) is 4.75. The molecule has 0 unspecified atom stereocenters. The van der Waals surface area contributed by atoms with Crippen LogP contribution in [0.15, 0.2) is 47.4 Å². The van der Waals surface area contributed by atoms with Crippen LogP contribution in [0.2, 0.25) is 0 Å². The largest absolute Gasteiger partial charge is 0.493 e. The van der Waals surface area contributed by atoms with Gasteiger partial charge >= 0.3 is 11.9 Å². The van der Waals surface area contributed by atoms with Crippen molar-refractivity contribution < 1.29 is 37.7 Å². The van der Waals surface area contributed by atoms with Crippen LogP contribution in [-0.2, 0) is 26.2 Å². The first-order valence-electron chi connectivity index (χ1n) is 10.6. The minimum absolute atomic E-state index is 0.364. The Kier molecular flexibility index (Phi) is 9.84. The number of carbonyl (C=O) groups is 2. The van der Waals surface area contributed by atoms with Crippen molar-refractivity contribution in [2.75, 3.05) is 39.9 Å². The van der Waals surface area contributed by atoms with Crippen LogP contribution in [0.3, 0.4) is 0 Å². The molecule has 11 heteroatoms. The van der Waals surface area contributed by atoms with Gasteiger partial charge in [0.05, 0.1) is 18.6 Å². The highest BCUT2D eigenvalue weighted by molar-refractivity contribution is 7.89. The number of carboxylic acid groups (broad SMARTS) is 2. The molecule has 1 aliphatic rings. The van der Waals surface area contributed by atoms with E-state index in [1.54, 1.807) is 23.5 Å². The second kappa shape index (κ2) is 12.4. The molecule has 34 heavy (non-hydrogen) atoms. The molecule has 0 saturated carbocycles. The molecule has 1 fully saturated rings. The Morgan fingerprint density at radius 2 is 1.53 bits per heavy atom.